The van der Waals surface area contributed by atoms with Crippen LogP contribution in [-0.4, -0.2) is 63.0 Å². The molecule has 1 aromatic carbocycles. The summed E-state index contributed by atoms with van der Waals surface area (Å²) in [5.41, 5.74) is 5.98. The van der Waals surface area contributed by atoms with Gasteiger partial charge in [0, 0.05) is 18.8 Å². The summed E-state index contributed by atoms with van der Waals surface area (Å²) in [6.07, 6.45) is 1.65. The summed E-state index contributed by atoms with van der Waals surface area (Å²) in [6, 6.07) is 7.02. The zero-order valence-corrected chi connectivity index (χ0v) is 15.3. The van der Waals surface area contributed by atoms with Gasteiger partial charge in [-0.25, -0.2) is 0 Å². The van der Waals surface area contributed by atoms with Crippen molar-refractivity contribution >= 4 is 23.4 Å². The van der Waals surface area contributed by atoms with Crippen molar-refractivity contribution in [2.45, 2.75) is 12.8 Å². The Hall–Kier alpha value is -2.61. The van der Waals surface area contributed by atoms with Gasteiger partial charge >= 0.3 is 0 Å². The van der Waals surface area contributed by atoms with Gasteiger partial charge in [-0.05, 0) is 25.0 Å². The Morgan fingerprint density at radius 2 is 2.15 bits per heavy atom. The number of quaternary nitrogens is 1. The summed E-state index contributed by atoms with van der Waals surface area (Å²) in [5.74, 6) is -0.248. The van der Waals surface area contributed by atoms with Gasteiger partial charge in [-0.1, -0.05) is 6.07 Å². The summed E-state index contributed by atoms with van der Waals surface area (Å²) < 4.78 is 5.11. The lowest BCUT2D eigenvalue weighted by molar-refractivity contribution is -0.899. The molecule has 8 heteroatoms. The molecule has 0 radical (unpaired) electrons. The summed E-state index contributed by atoms with van der Waals surface area (Å²) in [4.78, 5) is 38.3. The SMILES string of the molecule is COc1cccc(NC(=O)CN(C)C(=O)C[NH+]2CCC[C@H](C(N)=O)C2)c1. The van der Waals surface area contributed by atoms with Gasteiger partial charge in [0.1, 0.15) is 5.75 Å². The molecule has 0 aliphatic carbocycles. The number of nitrogens with one attached hydrogen (secondary N) is 2. The first-order chi connectivity index (χ1) is 12.4. The molecule has 26 heavy (non-hydrogen) atoms. The van der Waals surface area contributed by atoms with E-state index < -0.39 is 0 Å². The van der Waals surface area contributed by atoms with E-state index in [9.17, 15) is 14.4 Å². The molecular formula is C18H27N4O4+. The molecule has 1 unspecified atom stereocenters. The predicted octanol–water partition coefficient (Wildman–Crippen LogP) is -1.13. The molecule has 1 heterocycles. The molecular weight excluding hydrogens is 336 g/mol. The maximum atomic E-state index is 12.4. The average molecular weight is 363 g/mol. The van der Waals surface area contributed by atoms with E-state index in [1.165, 1.54) is 4.90 Å². The van der Waals surface area contributed by atoms with Gasteiger partial charge in [-0.3, -0.25) is 14.4 Å². The Morgan fingerprint density at radius 1 is 1.38 bits per heavy atom. The molecule has 3 amide bonds. The smallest absolute Gasteiger partial charge is 0.277 e. The Morgan fingerprint density at radius 3 is 2.85 bits per heavy atom. The van der Waals surface area contributed by atoms with E-state index in [-0.39, 0.29) is 36.7 Å². The number of hydrogen-bond donors (Lipinski definition) is 3. The van der Waals surface area contributed by atoms with Crippen molar-refractivity contribution < 1.29 is 24.0 Å². The highest BCUT2D eigenvalue weighted by Crippen LogP contribution is 2.16. The number of anilines is 1. The van der Waals surface area contributed by atoms with Gasteiger partial charge in [-0.2, -0.15) is 0 Å². The Kier molecular flexibility index (Phi) is 6.97. The minimum atomic E-state index is -0.305. The fourth-order valence-electron chi connectivity index (χ4n) is 3.11. The van der Waals surface area contributed by atoms with Gasteiger partial charge in [0.15, 0.2) is 6.54 Å². The van der Waals surface area contributed by atoms with Gasteiger partial charge in [0.25, 0.3) is 5.91 Å². The third-order valence-electron chi connectivity index (χ3n) is 4.58. The number of likely N-dealkylation sites (tertiary alicyclic amines) is 1. The van der Waals surface area contributed by atoms with E-state index in [2.05, 4.69) is 5.32 Å². The summed E-state index contributed by atoms with van der Waals surface area (Å²) in [5, 5.41) is 2.75. The van der Waals surface area contributed by atoms with Crippen molar-refractivity contribution in [2.75, 3.05) is 45.7 Å². The van der Waals surface area contributed by atoms with Crippen molar-refractivity contribution in [1.29, 1.82) is 0 Å². The number of rotatable bonds is 7. The maximum absolute atomic E-state index is 12.4. The van der Waals surface area contributed by atoms with E-state index in [0.717, 1.165) is 24.3 Å². The van der Waals surface area contributed by atoms with Crippen LogP contribution in [0, 0.1) is 5.92 Å². The molecule has 1 aliphatic rings. The lowest BCUT2D eigenvalue weighted by Crippen LogP contribution is -3.14. The molecule has 2 rings (SSSR count). The summed E-state index contributed by atoms with van der Waals surface area (Å²) in [7, 11) is 3.15. The highest BCUT2D eigenvalue weighted by molar-refractivity contribution is 5.94. The molecule has 2 atom stereocenters. The fraction of sp³-hybridized carbons (Fsp3) is 0.500. The first-order valence-electron chi connectivity index (χ1n) is 8.69. The molecule has 142 valence electrons. The van der Waals surface area contributed by atoms with Crippen LogP contribution in [0.15, 0.2) is 24.3 Å². The zero-order chi connectivity index (χ0) is 19.1. The maximum Gasteiger partial charge on any atom is 0.277 e. The normalized spacial score (nSPS) is 19.5. The van der Waals surface area contributed by atoms with Crippen molar-refractivity contribution in [3.8, 4) is 5.75 Å². The highest BCUT2D eigenvalue weighted by atomic mass is 16.5. The zero-order valence-electron chi connectivity index (χ0n) is 15.3. The number of primary amides is 1. The number of carbonyl (C=O) groups excluding carboxylic acids is 3. The van der Waals surface area contributed by atoms with Crippen LogP contribution in [-0.2, 0) is 14.4 Å². The van der Waals surface area contributed by atoms with E-state index >= 15 is 0 Å². The van der Waals surface area contributed by atoms with Gasteiger partial charge in [0.2, 0.25) is 11.8 Å². The van der Waals surface area contributed by atoms with Crippen molar-refractivity contribution in [2.24, 2.45) is 11.7 Å². The highest BCUT2D eigenvalue weighted by Gasteiger charge is 2.29. The Bertz CT molecular complexity index is 664. The third kappa shape index (κ3) is 5.73. The number of nitrogens with zero attached hydrogens (tertiary/aromatic N) is 1. The predicted molar refractivity (Wildman–Crippen MR) is 96.7 cm³/mol. The van der Waals surface area contributed by atoms with Crippen LogP contribution < -0.4 is 20.7 Å². The van der Waals surface area contributed by atoms with Crippen molar-refractivity contribution in [1.82, 2.24) is 4.90 Å². The van der Waals surface area contributed by atoms with E-state index in [1.54, 1.807) is 38.4 Å². The van der Waals surface area contributed by atoms with Crippen LogP contribution in [0.1, 0.15) is 12.8 Å². The Labute approximate surface area is 153 Å². The molecule has 1 saturated heterocycles. The van der Waals surface area contributed by atoms with Crippen LogP contribution in [0.5, 0.6) is 5.75 Å². The fourth-order valence-corrected chi connectivity index (χ4v) is 3.11. The van der Waals surface area contributed by atoms with Crippen LogP contribution in [0.2, 0.25) is 0 Å². The standard InChI is InChI=1S/C18H26N4O4/c1-21(11-16(23)20-14-6-3-7-15(9-14)26-2)17(24)12-22-8-4-5-13(10-22)18(19)25/h3,6-7,9,13H,4-5,8,10-12H2,1-2H3,(H2,19,25)(H,20,23)/p+1/t13-/m0/s1. The number of hydrogen-bond acceptors (Lipinski definition) is 4. The van der Waals surface area contributed by atoms with Gasteiger partial charge in [0.05, 0.1) is 32.7 Å². The molecule has 0 bridgehead atoms. The topological polar surface area (TPSA) is 106 Å². The lowest BCUT2D eigenvalue weighted by Gasteiger charge is -2.29. The van der Waals surface area contributed by atoms with Crippen molar-refractivity contribution in [3.05, 3.63) is 24.3 Å². The first-order valence-corrected chi connectivity index (χ1v) is 8.69. The minimum absolute atomic E-state index is 0.0391. The average Bonchev–Trinajstić information content (AvgIpc) is 2.61. The number of nitrogens with two attached hydrogens (primary N) is 1. The molecule has 0 saturated carbocycles. The second kappa shape index (κ2) is 9.19. The molecule has 4 N–H and O–H groups in total. The van der Waals surface area contributed by atoms with E-state index in [4.69, 9.17) is 10.5 Å². The number of piperidine rings is 1. The number of likely N-dealkylation sites (N-methyl/N-ethyl adjacent to an activating group) is 1. The van der Waals surface area contributed by atoms with Crippen molar-refractivity contribution in [3.63, 3.8) is 0 Å². The van der Waals surface area contributed by atoms with Crippen LogP contribution in [0.3, 0.4) is 0 Å². The second-order valence-corrected chi connectivity index (χ2v) is 6.65. The van der Waals surface area contributed by atoms with E-state index in [1.807, 2.05) is 0 Å². The molecule has 0 spiro atoms. The van der Waals surface area contributed by atoms with Crippen LogP contribution >= 0.6 is 0 Å². The Balaban J connectivity index is 1.82. The minimum Gasteiger partial charge on any atom is -0.497 e. The van der Waals surface area contributed by atoms with Crippen LogP contribution in [0.25, 0.3) is 0 Å². The number of carbonyl (C=O) groups is 3. The van der Waals surface area contributed by atoms with Crippen LogP contribution in [0.4, 0.5) is 5.69 Å². The largest absolute Gasteiger partial charge is 0.497 e. The summed E-state index contributed by atoms with van der Waals surface area (Å²) in [6.45, 7) is 1.62. The number of amides is 3. The van der Waals surface area contributed by atoms with E-state index in [0.29, 0.717) is 18.0 Å². The molecule has 1 fully saturated rings. The third-order valence-corrected chi connectivity index (χ3v) is 4.58. The summed E-state index contributed by atoms with van der Waals surface area (Å²) >= 11 is 0. The number of ether oxygens (including phenoxy) is 1. The monoisotopic (exact) mass is 363 g/mol. The number of methoxy groups -OCH3 is 1. The molecule has 0 aromatic heterocycles. The van der Waals surface area contributed by atoms with Gasteiger partial charge < -0.3 is 25.6 Å². The van der Waals surface area contributed by atoms with Gasteiger partial charge in [-0.15, -0.1) is 0 Å². The molecule has 8 nitrogen and oxygen atoms in total. The second-order valence-electron chi connectivity index (χ2n) is 6.65. The number of benzene rings is 1. The lowest BCUT2D eigenvalue weighted by atomic mass is 9.97. The molecule has 1 aliphatic heterocycles. The molecule has 1 aromatic rings. The first kappa shape index (κ1) is 19.7. The quantitative estimate of drug-likeness (QED) is 0.570.